The van der Waals surface area contributed by atoms with E-state index in [2.05, 4.69) is 13.8 Å². The van der Waals surface area contributed by atoms with Crippen molar-refractivity contribution in [2.24, 2.45) is 0 Å². The maximum atomic E-state index is 9.29. The third-order valence-corrected chi connectivity index (χ3v) is 8.05. The summed E-state index contributed by atoms with van der Waals surface area (Å²) in [6.45, 7) is 4.46. The molecule has 0 aromatic heterocycles. The van der Waals surface area contributed by atoms with E-state index in [1.54, 1.807) is 7.11 Å². The SMILES string of the molecule is CCCC(CC)SCCC[Si](CO)(CO)OC. The summed E-state index contributed by atoms with van der Waals surface area (Å²) >= 11 is 2.02. The van der Waals surface area contributed by atoms with E-state index in [4.69, 9.17) is 4.43 Å². The van der Waals surface area contributed by atoms with Gasteiger partial charge in [-0.2, -0.15) is 11.8 Å². The Bertz CT molecular complexity index is 169. The maximum Gasteiger partial charge on any atom is 0.242 e. The summed E-state index contributed by atoms with van der Waals surface area (Å²) in [6.07, 6.45) is 4.84. The second-order valence-corrected chi connectivity index (χ2v) is 9.81. The van der Waals surface area contributed by atoms with Crippen molar-refractivity contribution in [1.29, 1.82) is 0 Å². The molecule has 104 valence electrons. The molecule has 0 aliphatic rings. The minimum atomic E-state index is -2.22. The molecule has 5 heteroatoms. The van der Waals surface area contributed by atoms with Crippen molar-refractivity contribution < 1.29 is 14.6 Å². The quantitative estimate of drug-likeness (QED) is 0.450. The van der Waals surface area contributed by atoms with Gasteiger partial charge in [0.05, 0.1) is 12.5 Å². The van der Waals surface area contributed by atoms with Gasteiger partial charge in [0.15, 0.2) is 0 Å². The minimum Gasteiger partial charge on any atom is -0.415 e. The minimum absolute atomic E-state index is 0.0246. The lowest BCUT2D eigenvalue weighted by atomic mass is 10.2. The first-order valence-corrected chi connectivity index (χ1v) is 10.1. The molecule has 2 N–H and O–H groups in total. The molecule has 0 spiro atoms. The van der Waals surface area contributed by atoms with Gasteiger partial charge >= 0.3 is 0 Å². The van der Waals surface area contributed by atoms with Gasteiger partial charge in [-0.25, -0.2) is 0 Å². The zero-order chi connectivity index (χ0) is 13.1. The van der Waals surface area contributed by atoms with E-state index >= 15 is 0 Å². The second kappa shape index (κ2) is 10.4. The van der Waals surface area contributed by atoms with Gasteiger partial charge in [-0.15, -0.1) is 0 Å². The van der Waals surface area contributed by atoms with E-state index in [9.17, 15) is 10.2 Å². The Labute approximate surface area is 111 Å². The first-order chi connectivity index (χ1) is 8.17. The van der Waals surface area contributed by atoms with E-state index in [1.165, 1.54) is 19.3 Å². The molecule has 0 aromatic rings. The Morgan fingerprint density at radius 1 is 1.24 bits per heavy atom. The second-order valence-electron chi connectivity index (χ2n) is 4.50. The number of thioether (sulfide) groups is 1. The smallest absolute Gasteiger partial charge is 0.242 e. The van der Waals surface area contributed by atoms with Gasteiger partial charge in [0.1, 0.15) is 0 Å². The molecule has 1 atom stereocenters. The molecule has 0 amide bonds. The molecule has 1 unspecified atom stereocenters. The summed E-state index contributed by atoms with van der Waals surface area (Å²) in [6, 6.07) is 0.853. The van der Waals surface area contributed by atoms with Crippen molar-refractivity contribution >= 4 is 20.1 Å². The van der Waals surface area contributed by atoms with Gasteiger partial charge in [-0.05, 0) is 31.1 Å². The highest BCUT2D eigenvalue weighted by Crippen LogP contribution is 2.22. The van der Waals surface area contributed by atoms with E-state index in [1.807, 2.05) is 11.8 Å². The number of rotatable bonds is 11. The number of aliphatic hydroxyl groups excluding tert-OH is 2. The van der Waals surface area contributed by atoms with E-state index in [0.717, 1.165) is 23.5 Å². The number of hydrogen-bond donors (Lipinski definition) is 2. The van der Waals surface area contributed by atoms with Crippen LogP contribution in [0.15, 0.2) is 0 Å². The zero-order valence-corrected chi connectivity index (χ0v) is 13.3. The Kier molecular flexibility index (Phi) is 10.6. The monoisotopic (exact) mass is 280 g/mol. The van der Waals surface area contributed by atoms with Gasteiger partial charge < -0.3 is 14.6 Å². The molecular formula is C12H28O3SSi. The third kappa shape index (κ3) is 6.81. The fraction of sp³-hybridized carbons (Fsp3) is 1.00. The van der Waals surface area contributed by atoms with Crippen LogP contribution in [0.25, 0.3) is 0 Å². The summed E-state index contributed by atoms with van der Waals surface area (Å²) in [5.41, 5.74) is 0. The van der Waals surface area contributed by atoms with Crippen molar-refractivity contribution in [3.05, 3.63) is 0 Å². The molecular weight excluding hydrogens is 252 g/mol. The van der Waals surface area contributed by atoms with Gasteiger partial charge in [0, 0.05) is 12.4 Å². The largest absolute Gasteiger partial charge is 0.415 e. The molecule has 3 nitrogen and oxygen atoms in total. The van der Waals surface area contributed by atoms with Gasteiger partial charge in [-0.1, -0.05) is 20.3 Å². The van der Waals surface area contributed by atoms with Crippen LogP contribution in [0.4, 0.5) is 0 Å². The topological polar surface area (TPSA) is 49.7 Å². The van der Waals surface area contributed by atoms with Crippen LogP contribution in [-0.2, 0) is 4.43 Å². The molecule has 0 bridgehead atoms. The average molecular weight is 281 g/mol. The summed E-state index contributed by atoms with van der Waals surface area (Å²) in [4.78, 5) is 0. The predicted octanol–water partition coefficient (Wildman–Crippen LogP) is 2.34. The summed E-state index contributed by atoms with van der Waals surface area (Å²) in [7, 11) is -0.611. The predicted molar refractivity (Wildman–Crippen MR) is 77.8 cm³/mol. The number of hydrogen-bond acceptors (Lipinski definition) is 4. The highest BCUT2D eigenvalue weighted by Gasteiger charge is 2.31. The molecule has 0 aromatic carbocycles. The normalized spacial score (nSPS) is 13.9. The van der Waals surface area contributed by atoms with E-state index in [-0.39, 0.29) is 12.5 Å². The number of aliphatic hydroxyl groups is 2. The van der Waals surface area contributed by atoms with Crippen molar-refractivity contribution in [2.45, 2.75) is 50.8 Å². The lowest BCUT2D eigenvalue weighted by Crippen LogP contribution is -2.46. The van der Waals surface area contributed by atoms with Crippen LogP contribution in [0.3, 0.4) is 0 Å². The van der Waals surface area contributed by atoms with Gasteiger partial charge in [0.25, 0.3) is 0 Å². The van der Waals surface area contributed by atoms with E-state index in [0.29, 0.717) is 0 Å². The summed E-state index contributed by atoms with van der Waals surface area (Å²) in [5, 5.41) is 19.3. The fourth-order valence-corrected chi connectivity index (χ4v) is 5.05. The molecule has 0 saturated heterocycles. The van der Waals surface area contributed by atoms with Crippen LogP contribution in [0, 0.1) is 0 Å². The Hall–Kier alpha value is 0.447. The van der Waals surface area contributed by atoms with Crippen molar-refractivity contribution in [3.8, 4) is 0 Å². The Balaban J connectivity index is 3.81. The maximum absolute atomic E-state index is 9.29. The zero-order valence-electron chi connectivity index (χ0n) is 11.4. The first kappa shape index (κ1) is 17.4. The lowest BCUT2D eigenvalue weighted by Gasteiger charge is -2.25. The highest BCUT2D eigenvalue weighted by molar-refractivity contribution is 7.99. The molecule has 0 aliphatic carbocycles. The summed E-state index contributed by atoms with van der Waals surface area (Å²) in [5.74, 6) is 1.11. The molecule has 0 aliphatic heterocycles. The standard InChI is InChI=1S/C12H28O3SSi/c1-4-7-12(5-2)16-8-6-9-17(10-13,11-14)15-3/h12-14H,4-11H2,1-3H3. The first-order valence-electron chi connectivity index (χ1n) is 6.56. The van der Waals surface area contributed by atoms with Crippen molar-refractivity contribution in [1.82, 2.24) is 0 Å². The van der Waals surface area contributed by atoms with Crippen LogP contribution in [-0.4, -0.2) is 49.1 Å². The summed E-state index contributed by atoms with van der Waals surface area (Å²) < 4.78 is 5.35. The Morgan fingerprint density at radius 3 is 2.29 bits per heavy atom. The van der Waals surface area contributed by atoms with Crippen LogP contribution >= 0.6 is 11.8 Å². The lowest BCUT2D eigenvalue weighted by molar-refractivity contribution is 0.253. The Morgan fingerprint density at radius 2 is 1.88 bits per heavy atom. The van der Waals surface area contributed by atoms with E-state index < -0.39 is 8.32 Å². The fourth-order valence-electron chi connectivity index (χ4n) is 1.81. The van der Waals surface area contributed by atoms with Crippen LogP contribution in [0.5, 0.6) is 0 Å². The highest BCUT2D eigenvalue weighted by atomic mass is 32.2. The molecule has 0 saturated carbocycles. The van der Waals surface area contributed by atoms with Crippen molar-refractivity contribution in [3.63, 3.8) is 0 Å². The average Bonchev–Trinajstić information content (AvgIpc) is 2.38. The van der Waals surface area contributed by atoms with Crippen LogP contribution < -0.4 is 0 Å². The molecule has 0 fully saturated rings. The molecule has 0 heterocycles. The third-order valence-electron chi connectivity index (χ3n) is 3.21. The van der Waals surface area contributed by atoms with Gasteiger partial charge in [0.2, 0.25) is 8.32 Å². The van der Waals surface area contributed by atoms with Gasteiger partial charge in [-0.3, -0.25) is 0 Å². The van der Waals surface area contributed by atoms with Crippen LogP contribution in [0.1, 0.15) is 39.5 Å². The molecule has 17 heavy (non-hydrogen) atoms. The van der Waals surface area contributed by atoms with Crippen molar-refractivity contribution in [2.75, 3.05) is 25.3 Å². The molecule has 0 radical (unpaired) electrons. The molecule has 0 rings (SSSR count). The van der Waals surface area contributed by atoms with Crippen LogP contribution in [0.2, 0.25) is 6.04 Å².